The quantitative estimate of drug-likeness (QED) is 0.608. The molecule has 2 rings (SSSR count). The van der Waals surface area contributed by atoms with Crippen LogP contribution in [0.15, 0.2) is 24.5 Å². The van der Waals surface area contributed by atoms with Crippen molar-refractivity contribution in [1.82, 2.24) is 4.98 Å². The highest BCUT2D eigenvalue weighted by atomic mass is 16.5. The summed E-state index contributed by atoms with van der Waals surface area (Å²) in [5.74, 6) is -0.334. The molecule has 1 aliphatic rings. The van der Waals surface area contributed by atoms with Crippen LogP contribution in [0.3, 0.4) is 0 Å². The van der Waals surface area contributed by atoms with Gasteiger partial charge in [0, 0.05) is 25.4 Å². The lowest BCUT2D eigenvalue weighted by atomic mass is 10.2. The molecule has 2 heterocycles. The smallest absolute Gasteiger partial charge is 0.330 e. The second-order valence-electron chi connectivity index (χ2n) is 4.16. The van der Waals surface area contributed by atoms with Gasteiger partial charge in [-0.15, -0.1) is 0 Å². The fourth-order valence-corrected chi connectivity index (χ4v) is 1.89. The lowest BCUT2D eigenvalue weighted by Gasteiger charge is -2.28. The predicted molar refractivity (Wildman–Crippen MR) is 72.9 cm³/mol. The number of hydrogen-bond acceptors (Lipinski definition) is 5. The summed E-state index contributed by atoms with van der Waals surface area (Å²) >= 11 is 0. The summed E-state index contributed by atoms with van der Waals surface area (Å²) < 4.78 is 10.2. The molecule has 5 nitrogen and oxygen atoms in total. The Labute approximate surface area is 112 Å². The van der Waals surface area contributed by atoms with Gasteiger partial charge in [-0.2, -0.15) is 0 Å². The van der Waals surface area contributed by atoms with Crippen LogP contribution in [0, 0.1) is 0 Å². The molecule has 1 aromatic heterocycles. The number of pyridine rings is 1. The van der Waals surface area contributed by atoms with Gasteiger partial charge in [0.2, 0.25) is 0 Å². The summed E-state index contributed by atoms with van der Waals surface area (Å²) in [5.41, 5.74) is 1.94. The Morgan fingerprint density at radius 2 is 2.26 bits per heavy atom. The first-order valence-corrected chi connectivity index (χ1v) is 6.42. The van der Waals surface area contributed by atoms with Crippen molar-refractivity contribution in [2.45, 2.75) is 6.92 Å². The molecule has 1 saturated heterocycles. The molecule has 0 spiro atoms. The second-order valence-corrected chi connectivity index (χ2v) is 4.16. The van der Waals surface area contributed by atoms with Gasteiger partial charge in [-0.25, -0.2) is 4.79 Å². The van der Waals surface area contributed by atoms with Crippen molar-refractivity contribution in [2.75, 3.05) is 37.8 Å². The summed E-state index contributed by atoms with van der Waals surface area (Å²) in [6, 6.07) is 2.01. The number of esters is 1. The molecule has 1 aliphatic heterocycles. The fraction of sp³-hybridized carbons (Fsp3) is 0.429. The molecule has 0 aromatic carbocycles. The maximum absolute atomic E-state index is 11.2. The number of carbonyl (C=O) groups is 1. The Balaban J connectivity index is 2.04. The molecule has 0 amide bonds. The van der Waals surface area contributed by atoms with Crippen molar-refractivity contribution in [2.24, 2.45) is 0 Å². The van der Waals surface area contributed by atoms with Crippen LogP contribution in [0.1, 0.15) is 12.5 Å². The average molecular weight is 262 g/mol. The van der Waals surface area contributed by atoms with E-state index in [4.69, 9.17) is 9.47 Å². The largest absolute Gasteiger partial charge is 0.463 e. The number of hydrogen-bond donors (Lipinski definition) is 0. The van der Waals surface area contributed by atoms with Gasteiger partial charge < -0.3 is 14.4 Å². The van der Waals surface area contributed by atoms with Crippen molar-refractivity contribution in [3.05, 3.63) is 30.1 Å². The number of nitrogens with zero attached hydrogens (tertiary/aromatic N) is 2. The molecule has 0 aliphatic carbocycles. The highest BCUT2D eigenvalue weighted by molar-refractivity contribution is 5.87. The molecular weight excluding hydrogens is 244 g/mol. The minimum atomic E-state index is -0.334. The van der Waals surface area contributed by atoms with Gasteiger partial charge in [0.1, 0.15) is 0 Å². The van der Waals surface area contributed by atoms with E-state index < -0.39 is 0 Å². The number of morpholine rings is 1. The lowest BCUT2D eigenvalue weighted by Crippen LogP contribution is -2.36. The lowest BCUT2D eigenvalue weighted by molar-refractivity contribution is -0.137. The first-order chi connectivity index (χ1) is 9.29. The molecule has 5 heteroatoms. The summed E-state index contributed by atoms with van der Waals surface area (Å²) in [7, 11) is 0. The van der Waals surface area contributed by atoms with E-state index >= 15 is 0 Å². The van der Waals surface area contributed by atoms with Gasteiger partial charge in [-0.05, 0) is 24.6 Å². The van der Waals surface area contributed by atoms with E-state index in [9.17, 15) is 4.79 Å². The zero-order valence-electron chi connectivity index (χ0n) is 11.0. The van der Waals surface area contributed by atoms with Gasteiger partial charge in [-0.1, -0.05) is 0 Å². The van der Waals surface area contributed by atoms with Gasteiger partial charge in [0.25, 0.3) is 0 Å². The summed E-state index contributed by atoms with van der Waals surface area (Å²) in [4.78, 5) is 17.7. The third-order valence-electron chi connectivity index (χ3n) is 2.82. The predicted octanol–water partition coefficient (Wildman–Crippen LogP) is 1.49. The summed E-state index contributed by atoms with van der Waals surface area (Å²) in [6.45, 7) is 5.38. The number of anilines is 1. The monoisotopic (exact) mass is 262 g/mol. The standard InChI is InChI=1S/C14H18N2O3/c1-2-19-14(17)4-3-12-9-13(11-15-10-12)16-5-7-18-8-6-16/h3-4,9-11H,2,5-8H2,1H3/b4-3+. The molecule has 0 atom stereocenters. The second kappa shape index (κ2) is 6.89. The van der Waals surface area contributed by atoms with Crippen LogP contribution in [-0.4, -0.2) is 43.9 Å². The number of rotatable bonds is 4. The summed E-state index contributed by atoms with van der Waals surface area (Å²) in [6.07, 6.45) is 6.69. The maximum Gasteiger partial charge on any atom is 0.330 e. The number of aromatic nitrogens is 1. The number of ether oxygens (including phenoxy) is 2. The van der Waals surface area contributed by atoms with E-state index in [0.29, 0.717) is 6.61 Å². The van der Waals surface area contributed by atoms with Gasteiger partial charge in [0.05, 0.1) is 31.7 Å². The maximum atomic E-state index is 11.2. The molecule has 19 heavy (non-hydrogen) atoms. The van der Waals surface area contributed by atoms with E-state index in [1.165, 1.54) is 6.08 Å². The third kappa shape index (κ3) is 4.06. The SMILES string of the molecule is CCOC(=O)/C=C/c1cncc(N2CCOCC2)c1. The summed E-state index contributed by atoms with van der Waals surface area (Å²) in [5, 5.41) is 0. The first kappa shape index (κ1) is 13.5. The Hall–Kier alpha value is -1.88. The van der Waals surface area contributed by atoms with Gasteiger partial charge >= 0.3 is 5.97 Å². The minimum absolute atomic E-state index is 0.334. The topological polar surface area (TPSA) is 51.7 Å². The van der Waals surface area contributed by atoms with E-state index in [0.717, 1.165) is 37.6 Å². The normalized spacial score (nSPS) is 15.7. The molecule has 0 bridgehead atoms. The fourth-order valence-electron chi connectivity index (χ4n) is 1.89. The molecule has 0 unspecified atom stereocenters. The Kier molecular flexibility index (Phi) is 4.92. The average Bonchev–Trinajstić information content (AvgIpc) is 2.47. The van der Waals surface area contributed by atoms with Crippen LogP contribution in [0.2, 0.25) is 0 Å². The zero-order valence-corrected chi connectivity index (χ0v) is 11.0. The van der Waals surface area contributed by atoms with Crippen LogP contribution in [0.25, 0.3) is 6.08 Å². The molecule has 1 fully saturated rings. The molecule has 0 radical (unpaired) electrons. The minimum Gasteiger partial charge on any atom is -0.463 e. The highest BCUT2D eigenvalue weighted by Gasteiger charge is 2.11. The van der Waals surface area contributed by atoms with E-state index in [1.807, 2.05) is 12.3 Å². The zero-order chi connectivity index (χ0) is 13.5. The van der Waals surface area contributed by atoms with Crippen molar-refractivity contribution in [3.63, 3.8) is 0 Å². The van der Waals surface area contributed by atoms with Crippen LogP contribution in [0.4, 0.5) is 5.69 Å². The molecular formula is C14H18N2O3. The van der Waals surface area contributed by atoms with Crippen LogP contribution < -0.4 is 4.90 Å². The Bertz CT molecular complexity index is 454. The van der Waals surface area contributed by atoms with E-state index in [2.05, 4.69) is 9.88 Å². The molecule has 0 saturated carbocycles. The first-order valence-electron chi connectivity index (χ1n) is 6.42. The van der Waals surface area contributed by atoms with Crippen LogP contribution in [-0.2, 0) is 14.3 Å². The third-order valence-corrected chi connectivity index (χ3v) is 2.82. The molecule has 0 N–H and O–H groups in total. The Morgan fingerprint density at radius 3 is 3.00 bits per heavy atom. The molecule has 102 valence electrons. The van der Waals surface area contributed by atoms with Crippen LogP contribution in [0.5, 0.6) is 0 Å². The van der Waals surface area contributed by atoms with E-state index in [-0.39, 0.29) is 5.97 Å². The van der Waals surface area contributed by atoms with Crippen molar-refractivity contribution in [3.8, 4) is 0 Å². The van der Waals surface area contributed by atoms with Gasteiger partial charge in [0.15, 0.2) is 0 Å². The van der Waals surface area contributed by atoms with Crippen molar-refractivity contribution in [1.29, 1.82) is 0 Å². The Morgan fingerprint density at radius 1 is 1.47 bits per heavy atom. The van der Waals surface area contributed by atoms with E-state index in [1.54, 1.807) is 19.2 Å². The van der Waals surface area contributed by atoms with Crippen molar-refractivity contribution < 1.29 is 14.3 Å². The molecule has 1 aromatic rings. The number of carbonyl (C=O) groups excluding carboxylic acids is 1. The van der Waals surface area contributed by atoms with Gasteiger partial charge in [-0.3, -0.25) is 4.98 Å². The van der Waals surface area contributed by atoms with Crippen molar-refractivity contribution >= 4 is 17.7 Å². The van der Waals surface area contributed by atoms with Crippen LogP contribution >= 0.6 is 0 Å². The highest BCUT2D eigenvalue weighted by Crippen LogP contribution is 2.16.